The predicted molar refractivity (Wildman–Crippen MR) is 128 cm³/mol. The predicted octanol–water partition coefficient (Wildman–Crippen LogP) is 4.05. The molecule has 0 bridgehead atoms. The molecule has 0 saturated carbocycles. The largest absolute Gasteiger partial charge is 0.349 e. The lowest BCUT2D eigenvalue weighted by Crippen LogP contribution is -2.51. The lowest BCUT2D eigenvalue weighted by Gasteiger charge is -2.27. The molecule has 9 nitrogen and oxygen atoms in total. The van der Waals surface area contributed by atoms with Gasteiger partial charge in [-0.05, 0) is 29.8 Å². The van der Waals surface area contributed by atoms with Crippen molar-refractivity contribution in [2.45, 2.75) is 11.7 Å². The highest BCUT2D eigenvalue weighted by atomic mass is 79.9. The second-order valence-electron chi connectivity index (χ2n) is 8.82. The smallest absolute Gasteiger partial charge is 0.269 e. The average Bonchev–Trinajstić information content (AvgIpc) is 3.44. The number of benzene rings is 3. The molecule has 0 radical (unpaired) electrons. The number of halogens is 1. The number of anilines is 1. The van der Waals surface area contributed by atoms with Gasteiger partial charge in [0.25, 0.3) is 5.69 Å². The van der Waals surface area contributed by atoms with Crippen molar-refractivity contribution in [1.29, 1.82) is 0 Å². The van der Waals surface area contributed by atoms with E-state index in [9.17, 15) is 29.3 Å². The molecule has 178 valence electrons. The van der Waals surface area contributed by atoms with Gasteiger partial charge in [-0.2, -0.15) is 0 Å². The van der Waals surface area contributed by atoms with Crippen LogP contribution in [0.3, 0.4) is 0 Å². The molecule has 10 heteroatoms. The van der Waals surface area contributed by atoms with Crippen LogP contribution in [0.5, 0.6) is 0 Å². The Labute approximate surface area is 211 Å². The van der Waals surface area contributed by atoms with Gasteiger partial charge in [-0.25, -0.2) is 4.90 Å². The number of imide groups is 1. The van der Waals surface area contributed by atoms with Gasteiger partial charge in [0.1, 0.15) is 0 Å². The summed E-state index contributed by atoms with van der Waals surface area (Å²) in [7, 11) is 0. The molecule has 0 aromatic heterocycles. The molecule has 2 fully saturated rings. The highest BCUT2D eigenvalue weighted by molar-refractivity contribution is 9.10. The normalized spacial score (nSPS) is 23.9. The van der Waals surface area contributed by atoms with E-state index in [4.69, 9.17) is 4.74 Å². The summed E-state index contributed by atoms with van der Waals surface area (Å²) in [5.41, 5.74) is -1.45. The summed E-state index contributed by atoms with van der Waals surface area (Å²) in [4.78, 5) is 66.4. The van der Waals surface area contributed by atoms with E-state index in [0.717, 1.165) is 4.90 Å². The summed E-state index contributed by atoms with van der Waals surface area (Å²) in [6, 6.07) is 18.1. The van der Waals surface area contributed by atoms with Gasteiger partial charge >= 0.3 is 0 Å². The number of carbonyl (C=O) groups excluding carboxylic acids is 4. The van der Waals surface area contributed by atoms with Crippen molar-refractivity contribution in [2.24, 2.45) is 11.8 Å². The van der Waals surface area contributed by atoms with Crippen LogP contribution in [0.15, 0.2) is 77.3 Å². The minimum Gasteiger partial charge on any atom is -0.349 e. The van der Waals surface area contributed by atoms with Gasteiger partial charge in [0.05, 0.1) is 28.6 Å². The molecule has 36 heavy (non-hydrogen) atoms. The Balaban J connectivity index is 1.52. The third-order valence-corrected chi connectivity index (χ3v) is 7.51. The number of nitro benzene ring substituents is 1. The Morgan fingerprint density at radius 1 is 0.861 bits per heavy atom. The Morgan fingerprint density at radius 3 is 2.08 bits per heavy atom. The number of rotatable bonds is 3. The maximum Gasteiger partial charge on any atom is 0.269 e. The Hall–Kier alpha value is -4.02. The van der Waals surface area contributed by atoms with Crippen molar-refractivity contribution >= 4 is 50.7 Å². The summed E-state index contributed by atoms with van der Waals surface area (Å²) in [6.07, 6.45) is -1.05. The van der Waals surface area contributed by atoms with Crippen molar-refractivity contribution in [3.63, 3.8) is 0 Å². The first-order valence-electron chi connectivity index (χ1n) is 11.0. The number of ketones is 2. The molecular formula is C26H15BrN2O7. The van der Waals surface area contributed by atoms with Crippen LogP contribution in [0.4, 0.5) is 11.4 Å². The number of ether oxygens (including phenoxy) is 1. The van der Waals surface area contributed by atoms with Crippen molar-refractivity contribution in [3.05, 3.63) is 104 Å². The van der Waals surface area contributed by atoms with Crippen LogP contribution in [0, 0.1) is 22.0 Å². The summed E-state index contributed by atoms with van der Waals surface area (Å²) in [6.45, 7) is 0. The third kappa shape index (κ3) is 2.85. The van der Waals surface area contributed by atoms with Crippen molar-refractivity contribution in [1.82, 2.24) is 0 Å². The summed E-state index contributed by atoms with van der Waals surface area (Å²) in [5.74, 6) is -5.24. The Kier molecular flexibility index (Phi) is 4.83. The SMILES string of the molecule is O=C1[C@@H]2[C@@H](c3cccc(Br)c3)OC3(C(=O)c4ccccc4C3=O)[C@@H]2C(=O)N1c1ccc([N+](=O)[O-])cc1. The van der Waals surface area contributed by atoms with E-state index in [1.54, 1.807) is 36.4 Å². The molecule has 0 unspecified atom stereocenters. The van der Waals surface area contributed by atoms with Crippen LogP contribution < -0.4 is 4.90 Å². The molecule has 2 amide bonds. The topological polar surface area (TPSA) is 124 Å². The van der Waals surface area contributed by atoms with Gasteiger partial charge in [0, 0.05) is 27.7 Å². The summed E-state index contributed by atoms with van der Waals surface area (Å²) >= 11 is 3.39. The first-order valence-corrected chi connectivity index (χ1v) is 11.8. The highest BCUT2D eigenvalue weighted by Gasteiger charge is 2.74. The summed E-state index contributed by atoms with van der Waals surface area (Å²) in [5, 5.41) is 11.1. The van der Waals surface area contributed by atoms with E-state index >= 15 is 0 Å². The van der Waals surface area contributed by atoms with Crippen LogP contribution in [0.1, 0.15) is 32.4 Å². The van der Waals surface area contributed by atoms with Gasteiger partial charge < -0.3 is 4.74 Å². The molecule has 3 aromatic carbocycles. The molecule has 1 spiro atoms. The molecule has 2 saturated heterocycles. The highest BCUT2D eigenvalue weighted by Crippen LogP contribution is 2.57. The van der Waals surface area contributed by atoms with Gasteiger partial charge in [-0.3, -0.25) is 29.3 Å². The van der Waals surface area contributed by atoms with Crippen LogP contribution in [0.25, 0.3) is 0 Å². The van der Waals surface area contributed by atoms with Crippen molar-refractivity contribution in [3.8, 4) is 0 Å². The van der Waals surface area contributed by atoms with Crippen molar-refractivity contribution in [2.75, 3.05) is 4.90 Å². The zero-order valence-electron chi connectivity index (χ0n) is 18.3. The van der Waals surface area contributed by atoms with E-state index in [1.165, 1.54) is 36.4 Å². The number of hydrogen-bond acceptors (Lipinski definition) is 7. The number of carbonyl (C=O) groups is 4. The Bertz CT molecular complexity index is 1480. The van der Waals surface area contributed by atoms with E-state index in [0.29, 0.717) is 10.0 Å². The monoisotopic (exact) mass is 546 g/mol. The number of amides is 2. The fourth-order valence-electron chi connectivity index (χ4n) is 5.48. The summed E-state index contributed by atoms with van der Waals surface area (Å²) < 4.78 is 6.92. The fourth-order valence-corrected chi connectivity index (χ4v) is 5.90. The third-order valence-electron chi connectivity index (χ3n) is 7.01. The number of nitro groups is 1. The Morgan fingerprint density at radius 2 is 1.50 bits per heavy atom. The molecule has 2 heterocycles. The molecule has 3 atom stereocenters. The minimum absolute atomic E-state index is 0.114. The zero-order valence-corrected chi connectivity index (χ0v) is 19.9. The second-order valence-corrected chi connectivity index (χ2v) is 9.74. The number of fused-ring (bicyclic) bond motifs is 3. The first kappa shape index (κ1) is 22.4. The number of Topliss-reactive ketones (excluding diaryl/α,β-unsaturated/α-hetero) is 2. The van der Waals surface area contributed by atoms with Gasteiger partial charge in [-0.1, -0.05) is 52.3 Å². The van der Waals surface area contributed by atoms with Crippen molar-refractivity contribution < 1.29 is 28.8 Å². The van der Waals surface area contributed by atoms with E-state index in [2.05, 4.69) is 15.9 Å². The quantitative estimate of drug-likeness (QED) is 0.210. The molecule has 0 N–H and O–H groups in total. The number of hydrogen-bond donors (Lipinski definition) is 0. The molecule has 2 aliphatic heterocycles. The zero-order chi connectivity index (χ0) is 25.4. The number of non-ortho nitro benzene ring substituents is 1. The van der Waals surface area contributed by atoms with Crippen LogP contribution in [-0.2, 0) is 14.3 Å². The first-order chi connectivity index (χ1) is 17.3. The molecular weight excluding hydrogens is 532 g/mol. The van der Waals surface area contributed by atoms with E-state index in [1.807, 2.05) is 0 Å². The molecule has 3 aliphatic rings. The number of nitrogens with zero attached hydrogens (tertiary/aromatic N) is 2. The maximum atomic E-state index is 13.8. The average molecular weight is 547 g/mol. The standard InChI is InChI=1S/C26H15BrN2O7/c27-14-5-3-4-13(12-14)21-19-20(26(36-21)22(30)17-6-1-2-7-18(17)23(26)31)25(33)28(24(19)32)15-8-10-16(11-9-15)29(34)35/h1-12,19-21H/t19-,20-,21+/m0/s1. The van der Waals surface area contributed by atoms with Gasteiger partial charge in [-0.15, -0.1) is 0 Å². The molecule has 6 rings (SSSR count). The van der Waals surface area contributed by atoms with Crippen LogP contribution >= 0.6 is 15.9 Å². The van der Waals surface area contributed by atoms with E-state index < -0.39 is 51.8 Å². The second kappa shape index (κ2) is 7.74. The lowest BCUT2D eigenvalue weighted by atomic mass is 9.77. The van der Waals surface area contributed by atoms with Gasteiger partial charge in [0.15, 0.2) is 0 Å². The fraction of sp³-hybridized carbons (Fsp3) is 0.154. The van der Waals surface area contributed by atoms with E-state index in [-0.39, 0.29) is 22.5 Å². The van der Waals surface area contributed by atoms with Gasteiger partial charge in [0.2, 0.25) is 29.0 Å². The van der Waals surface area contributed by atoms with Crippen LogP contribution in [-0.4, -0.2) is 33.9 Å². The maximum absolute atomic E-state index is 13.8. The lowest BCUT2D eigenvalue weighted by molar-refractivity contribution is -0.384. The minimum atomic E-state index is -2.18. The molecule has 3 aromatic rings. The molecule has 1 aliphatic carbocycles. The van der Waals surface area contributed by atoms with Crippen LogP contribution in [0.2, 0.25) is 0 Å².